The summed E-state index contributed by atoms with van der Waals surface area (Å²) in [7, 11) is 0. The van der Waals surface area contributed by atoms with Crippen LogP contribution in [0.4, 0.5) is 0 Å². The van der Waals surface area contributed by atoms with E-state index < -0.39 is 5.41 Å². The van der Waals surface area contributed by atoms with Crippen molar-refractivity contribution in [1.29, 1.82) is 0 Å². The molecule has 0 aromatic heterocycles. The first-order valence-corrected chi connectivity index (χ1v) is 3.87. The van der Waals surface area contributed by atoms with E-state index in [-0.39, 0.29) is 5.97 Å². The molecule has 0 aliphatic heterocycles. The highest BCUT2D eigenvalue weighted by Gasteiger charge is 2.22. The van der Waals surface area contributed by atoms with E-state index in [9.17, 15) is 4.79 Å². The van der Waals surface area contributed by atoms with E-state index in [1.807, 2.05) is 20.8 Å². The molecule has 1 N–H and O–H groups in total. The van der Waals surface area contributed by atoms with Crippen molar-refractivity contribution in [3.63, 3.8) is 0 Å². The average Bonchev–Trinajstić information content (AvgIpc) is 1.86. The van der Waals surface area contributed by atoms with E-state index >= 15 is 0 Å². The molecule has 0 spiro atoms. The highest BCUT2D eigenvalue weighted by atomic mass is 35.5. The van der Waals surface area contributed by atoms with Gasteiger partial charge in [0.25, 0.3) is 0 Å². The van der Waals surface area contributed by atoms with Crippen LogP contribution in [0.1, 0.15) is 20.8 Å². The molecule has 0 saturated carbocycles. The smallest absolute Gasteiger partial charge is 0.311 e. The van der Waals surface area contributed by atoms with Crippen molar-refractivity contribution in [2.45, 2.75) is 20.8 Å². The third-order valence-corrected chi connectivity index (χ3v) is 1.23. The number of carbonyl (C=O) groups excluding carboxylic acids is 1. The first-order chi connectivity index (χ1) is 4.98. The summed E-state index contributed by atoms with van der Waals surface area (Å²) in [5.74, 6) is -0.204. The van der Waals surface area contributed by atoms with Crippen LogP contribution in [0.2, 0.25) is 0 Å². The van der Waals surface area contributed by atoms with Crippen LogP contribution in [0, 0.1) is 5.41 Å². The number of rotatable bonds is 3. The Morgan fingerprint density at radius 2 is 2.09 bits per heavy atom. The zero-order chi connectivity index (χ0) is 8.91. The molecule has 3 nitrogen and oxygen atoms in total. The molecule has 0 fully saturated rings. The molecule has 0 atom stereocenters. The van der Waals surface area contributed by atoms with Crippen molar-refractivity contribution in [2.24, 2.45) is 5.41 Å². The SMILES string of the molecule is CC(C)(C)C(=O)OCCNCl. The van der Waals surface area contributed by atoms with Crippen LogP contribution < -0.4 is 4.84 Å². The summed E-state index contributed by atoms with van der Waals surface area (Å²) in [6.45, 7) is 6.22. The lowest BCUT2D eigenvalue weighted by atomic mass is 9.97. The molecule has 0 unspecified atom stereocenters. The third-order valence-electron chi connectivity index (χ3n) is 1.04. The van der Waals surface area contributed by atoms with Gasteiger partial charge in [0.05, 0.1) is 5.41 Å². The molecule has 11 heavy (non-hydrogen) atoms. The Bertz CT molecular complexity index is 131. The van der Waals surface area contributed by atoms with Crippen LogP contribution in [0.5, 0.6) is 0 Å². The van der Waals surface area contributed by atoms with Crippen LogP contribution in [-0.4, -0.2) is 19.1 Å². The van der Waals surface area contributed by atoms with Gasteiger partial charge in [-0.1, -0.05) is 0 Å². The van der Waals surface area contributed by atoms with Crippen molar-refractivity contribution < 1.29 is 9.53 Å². The summed E-state index contributed by atoms with van der Waals surface area (Å²) >= 11 is 5.16. The van der Waals surface area contributed by atoms with Gasteiger partial charge in [0.15, 0.2) is 0 Å². The van der Waals surface area contributed by atoms with Crippen molar-refractivity contribution in [1.82, 2.24) is 4.84 Å². The summed E-state index contributed by atoms with van der Waals surface area (Å²) < 4.78 is 4.86. The van der Waals surface area contributed by atoms with Gasteiger partial charge in [-0.2, -0.15) is 0 Å². The van der Waals surface area contributed by atoms with Gasteiger partial charge in [0, 0.05) is 6.54 Å². The molecule has 0 aliphatic carbocycles. The lowest BCUT2D eigenvalue weighted by molar-refractivity contribution is -0.152. The predicted molar refractivity (Wildman–Crippen MR) is 44.3 cm³/mol. The van der Waals surface area contributed by atoms with Gasteiger partial charge in [0.2, 0.25) is 0 Å². The molecule has 0 heterocycles. The van der Waals surface area contributed by atoms with Gasteiger partial charge in [-0.15, -0.1) is 0 Å². The maximum atomic E-state index is 11.0. The molecule has 0 saturated heterocycles. The number of ether oxygens (including phenoxy) is 1. The fraction of sp³-hybridized carbons (Fsp3) is 0.857. The molecule has 4 heteroatoms. The fourth-order valence-electron chi connectivity index (χ4n) is 0.399. The van der Waals surface area contributed by atoms with E-state index in [0.29, 0.717) is 13.2 Å². The summed E-state index contributed by atoms with van der Waals surface area (Å²) in [6.07, 6.45) is 0. The molecule has 0 bridgehead atoms. The summed E-state index contributed by atoms with van der Waals surface area (Å²) in [4.78, 5) is 13.4. The van der Waals surface area contributed by atoms with Gasteiger partial charge < -0.3 is 4.74 Å². The minimum atomic E-state index is -0.424. The van der Waals surface area contributed by atoms with Gasteiger partial charge in [-0.25, -0.2) is 4.84 Å². The van der Waals surface area contributed by atoms with E-state index in [4.69, 9.17) is 16.5 Å². The standard InChI is InChI=1S/C7H14ClNO2/c1-7(2,3)6(10)11-5-4-9-8/h9H,4-5H2,1-3H3. The Labute approximate surface area is 72.2 Å². The van der Waals surface area contributed by atoms with Crippen molar-refractivity contribution >= 4 is 17.7 Å². The average molecular weight is 180 g/mol. The Hall–Kier alpha value is -0.280. The minimum Gasteiger partial charge on any atom is -0.464 e. The summed E-state index contributed by atoms with van der Waals surface area (Å²) in [5, 5.41) is 0. The highest BCUT2D eigenvalue weighted by molar-refractivity contribution is 6.13. The topological polar surface area (TPSA) is 38.3 Å². The maximum absolute atomic E-state index is 11.0. The van der Waals surface area contributed by atoms with E-state index in [0.717, 1.165) is 0 Å². The largest absolute Gasteiger partial charge is 0.464 e. The number of nitrogens with one attached hydrogen (secondary N) is 1. The molecule has 0 rings (SSSR count). The van der Waals surface area contributed by atoms with E-state index in [1.54, 1.807) is 0 Å². The summed E-state index contributed by atoms with van der Waals surface area (Å²) in [5.41, 5.74) is -0.424. The third kappa shape index (κ3) is 5.04. The predicted octanol–water partition coefficient (Wildman–Crippen LogP) is 1.32. The Kier molecular flexibility index (Phi) is 4.45. The molecule has 0 amide bonds. The van der Waals surface area contributed by atoms with Gasteiger partial charge >= 0.3 is 5.97 Å². The Morgan fingerprint density at radius 1 is 1.55 bits per heavy atom. The van der Waals surface area contributed by atoms with Gasteiger partial charge in [-0.05, 0) is 32.5 Å². The van der Waals surface area contributed by atoms with Crippen LogP contribution >= 0.6 is 11.8 Å². The number of hydrogen-bond acceptors (Lipinski definition) is 3. The molecular formula is C7H14ClNO2. The molecule has 0 aliphatic rings. The van der Waals surface area contributed by atoms with Crippen molar-refractivity contribution in [3.8, 4) is 0 Å². The second-order valence-electron chi connectivity index (χ2n) is 3.27. The van der Waals surface area contributed by atoms with Gasteiger partial charge in [-0.3, -0.25) is 4.79 Å². The molecule has 0 aromatic rings. The lowest BCUT2D eigenvalue weighted by Gasteiger charge is -2.15. The normalized spacial score (nSPS) is 11.3. The van der Waals surface area contributed by atoms with Crippen LogP contribution in [0.3, 0.4) is 0 Å². The second-order valence-corrected chi connectivity index (χ2v) is 3.54. The molecule has 0 aromatic carbocycles. The first kappa shape index (κ1) is 10.7. The molecule has 66 valence electrons. The van der Waals surface area contributed by atoms with Crippen LogP contribution in [-0.2, 0) is 9.53 Å². The number of esters is 1. The van der Waals surface area contributed by atoms with E-state index in [1.165, 1.54) is 0 Å². The first-order valence-electron chi connectivity index (χ1n) is 3.49. The lowest BCUT2D eigenvalue weighted by Crippen LogP contribution is -2.25. The quantitative estimate of drug-likeness (QED) is 0.404. The fourth-order valence-corrected chi connectivity index (χ4v) is 0.476. The molecular weight excluding hydrogens is 166 g/mol. The number of halogens is 1. The second kappa shape index (κ2) is 4.57. The van der Waals surface area contributed by atoms with Crippen LogP contribution in [0.25, 0.3) is 0 Å². The number of carbonyl (C=O) groups is 1. The number of hydrogen-bond donors (Lipinski definition) is 1. The summed E-state index contributed by atoms with van der Waals surface area (Å²) in [6, 6.07) is 0. The van der Waals surface area contributed by atoms with Gasteiger partial charge in [0.1, 0.15) is 6.61 Å². The van der Waals surface area contributed by atoms with E-state index in [2.05, 4.69) is 4.84 Å². The monoisotopic (exact) mass is 179 g/mol. The Balaban J connectivity index is 3.54. The maximum Gasteiger partial charge on any atom is 0.311 e. The van der Waals surface area contributed by atoms with Crippen molar-refractivity contribution in [2.75, 3.05) is 13.2 Å². The van der Waals surface area contributed by atoms with Crippen molar-refractivity contribution in [3.05, 3.63) is 0 Å². The van der Waals surface area contributed by atoms with Crippen LogP contribution in [0.15, 0.2) is 0 Å². The molecule has 0 radical (unpaired) electrons. The minimum absolute atomic E-state index is 0.204. The Morgan fingerprint density at radius 3 is 2.45 bits per heavy atom. The zero-order valence-electron chi connectivity index (χ0n) is 7.11. The highest BCUT2D eigenvalue weighted by Crippen LogP contribution is 2.14. The zero-order valence-corrected chi connectivity index (χ0v) is 7.86.